The lowest BCUT2D eigenvalue weighted by Gasteiger charge is -2.32. The van der Waals surface area contributed by atoms with Gasteiger partial charge in [-0.25, -0.2) is 0 Å². The van der Waals surface area contributed by atoms with Crippen molar-refractivity contribution in [3.8, 4) is 5.75 Å². The molecule has 4 heteroatoms. The molecule has 0 spiro atoms. The number of rotatable bonds is 8. The van der Waals surface area contributed by atoms with Gasteiger partial charge in [0.05, 0.1) is 6.54 Å². The van der Waals surface area contributed by atoms with Crippen LogP contribution in [0.3, 0.4) is 0 Å². The second-order valence-corrected chi connectivity index (χ2v) is 7.87. The highest BCUT2D eigenvalue weighted by molar-refractivity contribution is 5.69. The summed E-state index contributed by atoms with van der Waals surface area (Å²) in [6.45, 7) is 0.534. The Bertz CT molecular complexity index is 972. The second-order valence-electron chi connectivity index (χ2n) is 7.87. The van der Waals surface area contributed by atoms with E-state index in [4.69, 9.17) is 9.84 Å². The third kappa shape index (κ3) is 5.08. The Kier molecular flexibility index (Phi) is 6.45. The molecule has 0 aromatic heterocycles. The number of ether oxygens (including phenoxy) is 1. The van der Waals surface area contributed by atoms with Crippen molar-refractivity contribution < 1.29 is 14.6 Å². The Morgan fingerprint density at radius 1 is 1.00 bits per heavy atom. The minimum absolute atomic E-state index is 0.0319. The third-order valence-electron chi connectivity index (χ3n) is 5.80. The van der Waals surface area contributed by atoms with E-state index in [1.807, 2.05) is 42.5 Å². The Morgan fingerprint density at radius 2 is 1.73 bits per heavy atom. The molecule has 1 aliphatic carbocycles. The summed E-state index contributed by atoms with van der Waals surface area (Å²) in [4.78, 5) is 11.1. The SMILES string of the molecule is O=C(O)CNC(c1ccccc1)C1CCc2cc(OCc3ccccc3)ccc2C1. The van der Waals surface area contributed by atoms with Crippen molar-refractivity contribution in [2.45, 2.75) is 31.9 Å². The summed E-state index contributed by atoms with van der Waals surface area (Å²) >= 11 is 0. The summed E-state index contributed by atoms with van der Waals surface area (Å²) in [5.74, 6) is 0.433. The maximum Gasteiger partial charge on any atom is 0.317 e. The van der Waals surface area contributed by atoms with Crippen LogP contribution in [0.15, 0.2) is 78.9 Å². The molecule has 0 saturated heterocycles. The molecule has 0 amide bonds. The van der Waals surface area contributed by atoms with E-state index < -0.39 is 5.97 Å². The number of carboxylic acid groups (broad SMARTS) is 1. The van der Waals surface area contributed by atoms with E-state index in [9.17, 15) is 4.79 Å². The zero-order valence-corrected chi connectivity index (χ0v) is 17.0. The fraction of sp³-hybridized carbons (Fsp3) is 0.269. The van der Waals surface area contributed by atoms with Crippen molar-refractivity contribution in [2.24, 2.45) is 5.92 Å². The maximum absolute atomic E-state index is 11.1. The summed E-state index contributed by atoms with van der Waals surface area (Å²) in [6.07, 6.45) is 2.92. The average Bonchev–Trinajstić information content (AvgIpc) is 2.79. The Balaban J connectivity index is 1.45. The largest absolute Gasteiger partial charge is 0.489 e. The van der Waals surface area contributed by atoms with Gasteiger partial charge in [-0.2, -0.15) is 0 Å². The molecule has 2 unspecified atom stereocenters. The van der Waals surface area contributed by atoms with Gasteiger partial charge in [-0.1, -0.05) is 66.7 Å². The topological polar surface area (TPSA) is 58.6 Å². The summed E-state index contributed by atoms with van der Waals surface area (Å²) < 4.78 is 5.99. The molecule has 0 aliphatic heterocycles. The molecular weight excluding hydrogens is 374 g/mol. The van der Waals surface area contributed by atoms with Gasteiger partial charge in [-0.3, -0.25) is 10.1 Å². The summed E-state index contributed by atoms with van der Waals surface area (Å²) in [5, 5.41) is 12.4. The first kappa shape index (κ1) is 20.2. The molecule has 0 fully saturated rings. The van der Waals surface area contributed by atoms with Crippen LogP contribution in [0.4, 0.5) is 0 Å². The molecule has 0 heterocycles. The number of nitrogens with one attached hydrogen (secondary N) is 1. The van der Waals surface area contributed by atoms with Crippen LogP contribution in [0, 0.1) is 5.92 Å². The van der Waals surface area contributed by atoms with E-state index in [2.05, 4.69) is 41.7 Å². The molecule has 3 aromatic rings. The lowest BCUT2D eigenvalue weighted by molar-refractivity contribution is -0.136. The number of carboxylic acids is 1. The number of hydrogen-bond acceptors (Lipinski definition) is 3. The summed E-state index contributed by atoms with van der Waals surface area (Å²) in [6, 6.07) is 26.8. The van der Waals surface area contributed by atoms with E-state index in [1.54, 1.807) is 0 Å². The quantitative estimate of drug-likeness (QED) is 0.570. The van der Waals surface area contributed by atoms with Gasteiger partial charge >= 0.3 is 5.97 Å². The molecule has 4 rings (SSSR count). The van der Waals surface area contributed by atoms with E-state index in [0.717, 1.165) is 36.1 Å². The fourth-order valence-corrected chi connectivity index (χ4v) is 4.29. The van der Waals surface area contributed by atoms with Crippen LogP contribution in [0.25, 0.3) is 0 Å². The van der Waals surface area contributed by atoms with E-state index in [1.165, 1.54) is 11.1 Å². The van der Waals surface area contributed by atoms with Gasteiger partial charge < -0.3 is 9.84 Å². The first-order valence-corrected chi connectivity index (χ1v) is 10.5. The molecule has 0 bridgehead atoms. The van der Waals surface area contributed by atoms with Crippen molar-refractivity contribution in [2.75, 3.05) is 6.54 Å². The molecule has 4 nitrogen and oxygen atoms in total. The summed E-state index contributed by atoms with van der Waals surface area (Å²) in [7, 11) is 0. The van der Waals surface area contributed by atoms with Crippen molar-refractivity contribution in [3.05, 3.63) is 101 Å². The molecule has 2 atom stereocenters. The van der Waals surface area contributed by atoms with Crippen molar-refractivity contribution in [1.82, 2.24) is 5.32 Å². The molecule has 1 aliphatic rings. The van der Waals surface area contributed by atoms with Gasteiger partial charge in [0.1, 0.15) is 12.4 Å². The first-order valence-electron chi connectivity index (χ1n) is 10.5. The fourth-order valence-electron chi connectivity index (χ4n) is 4.29. The highest BCUT2D eigenvalue weighted by Gasteiger charge is 2.28. The molecule has 0 radical (unpaired) electrons. The van der Waals surface area contributed by atoms with Crippen molar-refractivity contribution in [3.63, 3.8) is 0 Å². The van der Waals surface area contributed by atoms with Crippen LogP contribution in [0.2, 0.25) is 0 Å². The lowest BCUT2D eigenvalue weighted by atomic mass is 9.78. The van der Waals surface area contributed by atoms with Gasteiger partial charge in [-0.15, -0.1) is 0 Å². The Morgan fingerprint density at radius 3 is 2.47 bits per heavy atom. The van der Waals surface area contributed by atoms with Crippen LogP contribution in [-0.2, 0) is 24.2 Å². The molecule has 30 heavy (non-hydrogen) atoms. The normalized spacial score (nSPS) is 16.5. The monoisotopic (exact) mass is 401 g/mol. The minimum atomic E-state index is -0.827. The lowest BCUT2D eigenvalue weighted by Crippen LogP contribution is -2.35. The zero-order valence-electron chi connectivity index (χ0n) is 17.0. The predicted molar refractivity (Wildman–Crippen MR) is 118 cm³/mol. The maximum atomic E-state index is 11.1. The Hall–Kier alpha value is -3.11. The third-order valence-corrected chi connectivity index (χ3v) is 5.80. The molecule has 0 saturated carbocycles. The number of carbonyl (C=O) groups is 1. The minimum Gasteiger partial charge on any atom is -0.489 e. The van der Waals surface area contributed by atoms with Gasteiger partial charge in [-0.05, 0) is 59.6 Å². The van der Waals surface area contributed by atoms with Crippen LogP contribution in [-0.4, -0.2) is 17.6 Å². The highest BCUT2D eigenvalue weighted by Crippen LogP contribution is 2.35. The van der Waals surface area contributed by atoms with Gasteiger partial charge in [0.15, 0.2) is 0 Å². The van der Waals surface area contributed by atoms with Crippen LogP contribution in [0.5, 0.6) is 5.75 Å². The average molecular weight is 402 g/mol. The van der Waals surface area contributed by atoms with Gasteiger partial charge in [0.2, 0.25) is 0 Å². The van der Waals surface area contributed by atoms with Crippen LogP contribution >= 0.6 is 0 Å². The predicted octanol–water partition coefficient (Wildman–Crippen LogP) is 4.79. The standard InChI is InChI=1S/C26H27NO3/c28-25(29)17-27-26(20-9-5-2-6-10-20)23-12-11-22-16-24(14-13-21(22)15-23)30-18-19-7-3-1-4-8-19/h1-10,13-14,16,23,26-27H,11-12,15,17-18H2,(H,28,29). The first-order chi connectivity index (χ1) is 14.7. The number of hydrogen-bond donors (Lipinski definition) is 2. The van der Waals surface area contributed by atoms with Crippen molar-refractivity contribution >= 4 is 5.97 Å². The highest BCUT2D eigenvalue weighted by atomic mass is 16.5. The smallest absolute Gasteiger partial charge is 0.317 e. The van der Waals surface area contributed by atoms with E-state index >= 15 is 0 Å². The molecule has 154 valence electrons. The van der Waals surface area contributed by atoms with E-state index in [-0.39, 0.29) is 12.6 Å². The van der Waals surface area contributed by atoms with Crippen LogP contribution in [0.1, 0.15) is 34.7 Å². The molecular formula is C26H27NO3. The van der Waals surface area contributed by atoms with Gasteiger partial charge in [0.25, 0.3) is 0 Å². The number of aryl methyl sites for hydroxylation is 1. The number of fused-ring (bicyclic) bond motifs is 1. The number of aliphatic carboxylic acids is 1. The van der Waals surface area contributed by atoms with Gasteiger partial charge in [0, 0.05) is 6.04 Å². The summed E-state index contributed by atoms with van der Waals surface area (Å²) in [5.41, 5.74) is 4.97. The van der Waals surface area contributed by atoms with Crippen molar-refractivity contribution in [1.29, 1.82) is 0 Å². The van der Waals surface area contributed by atoms with E-state index in [0.29, 0.717) is 12.5 Å². The number of benzene rings is 3. The molecule has 2 N–H and O–H groups in total. The molecule has 3 aromatic carbocycles. The van der Waals surface area contributed by atoms with Crippen LogP contribution < -0.4 is 10.1 Å². The Labute approximate surface area is 177 Å². The second kappa shape index (κ2) is 9.59. The zero-order chi connectivity index (χ0) is 20.8.